The van der Waals surface area contributed by atoms with Gasteiger partial charge in [0, 0.05) is 30.2 Å². The minimum atomic E-state index is -3.82. The molecule has 0 saturated heterocycles. The summed E-state index contributed by atoms with van der Waals surface area (Å²) >= 11 is 0. The van der Waals surface area contributed by atoms with Crippen molar-refractivity contribution in [2.24, 2.45) is 0 Å². The second-order valence-electron chi connectivity index (χ2n) is 6.03. The fraction of sp³-hybridized carbons (Fsp3) is 0.412. The van der Waals surface area contributed by atoms with Crippen LogP contribution in [0.4, 0.5) is 14.5 Å². The largest absolute Gasteiger partial charge is 0.383 e. The molecule has 128 valence electrons. The van der Waals surface area contributed by atoms with Crippen LogP contribution in [-0.2, 0) is 11.3 Å². The zero-order valence-electron chi connectivity index (χ0n) is 13.3. The number of aromatic nitrogens is 2. The van der Waals surface area contributed by atoms with Crippen molar-refractivity contribution in [3.8, 4) is 11.4 Å². The average Bonchev–Trinajstić information content (AvgIpc) is 3.01. The summed E-state index contributed by atoms with van der Waals surface area (Å²) in [7, 11) is 0. The Kier molecular flexibility index (Phi) is 4.13. The minimum Gasteiger partial charge on any atom is -0.383 e. The first-order valence-corrected chi connectivity index (χ1v) is 7.90. The molecule has 1 heterocycles. The van der Waals surface area contributed by atoms with Crippen LogP contribution in [0.5, 0.6) is 0 Å². The molecule has 1 saturated carbocycles. The molecule has 2 aromatic rings. The lowest BCUT2D eigenvalue weighted by Gasteiger charge is -2.41. The SMILES string of the molecule is CCn1ccnc1-c1cccc(NC(=O)C(F)(F)C2(O)CCC2)c1. The van der Waals surface area contributed by atoms with Crippen molar-refractivity contribution in [3.63, 3.8) is 0 Å². The Morgan fingerprint density at radius 1 is 1.46 bits per heavy atom. The van der Waals surface area contributed by atoms with Crippen LogP contribution in [0.25, 0.3) is 11.4 Å². The number of nitrogens with one attached hydrogen (secondary N) is 1. The molecule has 0 unspecified atom stereocenters. The predicted octanol–water partition coefficient (Wildman–Crippen LogP) is 3.06. The minimum absolute atomic E-state index is 0.0681. The first-order chi connectivity index (χ1) is 11.4. The molecule has 1 aromatic heterocycles. The number of benzene rings is 1. The maximum atomic E-state index is 14.1. The molecular formula is C17H19F2N3O2. The predicted molar refractivity (Wildman–Crippen MR) is 85.7 cm³/mol. The van der Waals surface area contributed by atoms with E-state index in [-0.39, 0.29) is 18.5 Å². The lowest BCUT2D eigenvalue weighted by molar-refractivity contribution is -0.212. The molecule has 0 bridgehead atoms. The lowest BCUT2D eigenvalue weighted by atomic mass is 9.75. The van der Waals surface area contributed by atoms with Crippen molar-refractivity contribution in [1.82, 2.24) is 9.55 Å². The van der Waals surface area contributed by atoms with Crippen LogP contribution in [0, 0.1) is 0 Å². The van der Waals surface area contributed by atoms with Gasteiger partial charge in [-0.1, -0.05) is 12.1 Å². The van der Waals surface area contributed by atoms with Gasteiger partial charge in [-0.15, -0.1) is 0 Å². The Labute approximate surface area is 138 Å². The average molecular weight is 335 g/mol. The van der Waals surface area contributed by atoms with Gasteiger partial charge in [-0.25, -0.2) is 4.98 Å². The number of amides is 1. The molecule has 1 aliphatic carbocycles. The molecule has 7 heteroatoms. The summed E-state index contributed by atoms with van der Waals surface area (Å²) in [4.78, 5) is 16.2. The number of halogens is 2. The van der Waals surface area contributed by atoms with Crippen molar-refractivity contribution in [1.29, 1.82) is 0 Å². The van der Waals surface area contributed by atoms with Gasteiger partial charge in [0.05, 0.1) is 0 Å². The fourth-order valence-electron chi connectivity index (χ4n) is 2.81. The van der Waals surface area contributed by atoms with Crippen LogP contribution in [0.15, 0.2) is 36.7 Å². The first kappa shape index (κ1) is 16.6. The smallest absolute Gasteiger partial charge is 0.352 e. The number of hydrogen-bond acceptors (Lipinski definition) is 3. The Hall–Kier alpha value is -2.28. The van der Waals surface area contributed by atoms with Gasteiger partial charge >= 0.3 is 5.92 Å². The van der Waals surface area contributed by atoms with Crippen molar-refractivity contribution < 1.29 is 18.7 Å². The lowest BCUT2D eigenvalue weighted by Crippen LogP contribution is -2.59. The van der Waals surface area contributed by atoms with E-state index in [1.54, 1.807) is 24.4 Å². The molecule has 0 atom stereocenters. The molecular weight excluding hydrogens is 316 g/mol. The van der Waals surface area contributed by atoms with Crippen molar-refractivity contribution in [2.75, 3.05) is 5.32 Å². The molecule has 0 spiro atoms. The highest BCUT2D eigenvalue weighted by Crippen LogP contribution is 2.44. The number of imidazole rings is 1. The van der Waals surface area contributed by atoms with Crippen LogP contribution >= 0.6 is 0 Å². The summed E-state index contributed by atoms with van der Waals surface area (Å²) in [5.41, 5.74) is -1.27. The second-order valence-corrected chi connectivity index (χ2v) is 6.03. The zero-order valence-corrected chi connectivity index (χ0v) is 13.3. The maximum absolute atomic E-state index is 14.1. The van der Waals surface area contributed by atoms with Crippen LogP contribution in [-0.4, -0.2) is 32.1 Å². The van der Waals surface area contributed by atoms with E-state index >= 15 is 0 Å². The monoisotopic (exact) mass is 335 g/mol. The summed E-state index contributed by atoms with van der Waals surface area (Å²) in [6.45, 7) is 2.69. The Bertz CT molecular complexity index is 754. The molecule has 1 aliphatic rings. The molecule has 2 N–H and O–H groups in total. The molecule has 0 radical (unpaired) electrons. The number of alkyl halides is 2. The Morgan fingerprint density at radius 3 is 2.83 bits per heavy atom. The molecule has 1 fully saturated rings. The number of carbonyl (C=O) groups excluding carboxylic acids is 1. The van der Waals surface area contributed by atoms with Gasteiger partial charge in [0.15, 0.2) is 0 Å². The van der Waals surface area contributed by atoms with Crippen molar-refractivity contribution in [3.05, 3.63) is 36.7 Å². The molecule has 1 amide bonds. The fourth-order valence-corrected chi connectivity index (χ4v) is 2.81. The van der Waals surface area contributed by atoms with E-state index in [1.165, 1.54) is 6.07 Å². The third kappa shape index (κ3) is 2.69. The number of nitrogens with zero attached hydrogens (tertiary/aromatic N) is 2. The molecule has 3 rings (SSSR count). The molecule has 0 aliphatic heterocycles. The van der Waals surface area contributed by atoms with E-state index < -0.39 is 17.4 Å². The van der Waals surface area contributed by atoms with Crippen LogP contribution in [0.1, 0.15) is 26.2 Å². The van der Waals surface area contributed by atoms with Crippen molar-refractivity contribution in [2.45, 2.75) is 44.3 Å². The Morgan fingerprint density at radius 2 is 2.21 bits per heavy atom. The number of hydrogen-bond donors (Lipinski definition) is 2. The summed E-state index contributed by atoms with van der Waals surface area (Å²) in [5, 5.41) is 12.0. The highest BCUT2D eigenvalue weighted by atomic mass is 19.3. The number of rotatable bonds is 5. The van der Waals surface area contributed by atoms with Gasteiger partial charge in [0.25, 0.3) is 5.91 Å². The summed E-state index contributed by atoms with van der Waals surface area (Å²) in [5.74, 6) is -4.61. The van der Waals surface area contributed by atoms with E-state index in [9.17, 15) is 18.7 Å². The Balaban J connectivity index is 1.81. The van der Waals surface area contributed by atoms with Gasteiger partial charge in [0.2, 0.25) is 0 Å². The van der Waals surface area contributed by atoms with E-state index in [1.807, 2.05) is 17.7 Å². The normalized spacial score (nSPS) is 16.5. The number of carbonyl (C=O) groups is 1. The van der Waals surface area contributed by atoms with Crippen LogP contribution in [0.2, 0.25) is 0 Å². The summed E-state index contributed by atoms with van der Waals surface area (Å²) in [6, 6.07) is 6.58. The maximum Gasteiger partial charge on any atom is 0.352 e. The van der Waals surface area contributed by atoms with E-state index in [0.717, 1.165) is 6.54 Å². The van der Waals surface area contributed by atoms with E-state index in [0.29, 0.717) is 17.8 Å². The summed E-state index contributed by atoms with van der Waals surface area (Å²) < 4.78 is 30.2. The van der Waals surface area contributed by atoms with Gasteiger partial charge in [0.1, 0.15) is 11.4 Å². The number of anilines is 1. The van der Waals surface area contributed by atoms with Crippen LogP contribution in [0.3, 0.4) is 0 Å². The van der Waals surface area contributed by atoms with Crippen LogP contribution < -0.4 is 5.32 Å². The van der Waals surface area contributed by atoms with Gasteiger partial charge in [-0.3, -0.25) is 4.79 Å². The molecule has 5 nitrogen and oxygen atoms in total. The highest BCUT2D eigenvalue weighted by Gasteiger charge is 2.61. The van der Waals surface area contributed by atoms with Gasteiger partial charge < -0.3 is 15.0 Å². The van der Waals surface area contributed by atoms with E-state index in [4.69, 9.17) is 0 Å². The molecule has 24 heavy (non-hydrogen) atoms. The topological polar surface area (TPSA) is 67.2 Å². The number of aryl methyl sites for hydroxylation is 1. The zero-order chi connectivity index (χ0) is 17.4. The third-order valence-corrected chi connectivity index (χ3v) is 4.49. The standard InChI is InChI=1S/C17H19F2N3O2/c1-2-22-10-9-20-14(22)12-5-3-6-13(11-12)21-15(23)17(18,19)16(24)7-4-8-16/h3,5-6,9-11,24H,2,4,7-8H2,1H3,(H,21,23). The third-order valence-electron chi connectivity index (χ3n) is 4.49. The first-order valence-electron chi connectivity index (χ1n) is 7.90. The van der Waals surface area contributed by atoms with Gasteiger partial charge in [-0.05, 0) is 38.3 Å². The molecule has 1 aromatic carbocycles. The number of aliphatic hydroxyl groups is 1. The van der Waals surface area contributed by atoms with Crippen molar-refractivity contribution >= 4 is 11.6 Å². The quantitative estimate of drug-likeness (QED) is 0.882. The second kappa shape index (κ2) is 5.98. The highest BCUT2D eigenvalue weighted by molar-refractivity contribution is 5.97. The van der Waals surface area contributed by atoms with Gasteiger partial charge in [-0.2, -0.15) is 8.78 Å². The summed E-state index contributed by atoms with van der Waals surface area (Å²) in [6.07, 6.45) is 3.84. The van der Waals surface area contributed by atoms with E-state index in [2.05, 4.69) is 10.3 Å².